The van der Waals surface area contributed by atoms with E-state index in [-0.39, 0.29) is 11.6 Å². The molecule has 1 heterocycles. The van der Waals surface area contributed by atoms with E-state index in [4.69, 9.17) is 11.6 Å². The molecule has 0 aromatic heterocycles. The third kappa shape index (κ3) is 3.87. The predicted molar refractivity (Wildman–Crippen MR) is 126 cm³/mol. The maximum absolute atomic E-state index is 13.5. The molecule has 1 aliphatic heterocycles. The van der Waals surface area contributed by atoms with Gasteiger partial charge in [-0.05, 0) is 79.8 Å². The second-order valence-electron chi connectivity index (χ2n) is 7.92. The van der Waals surface area contributed by atoms with Gasteiger partial charge < -0.3 is 5.32 Å². The van der Waals surface area contributed by atoms with Crippen molar-refractivity contribution in [1.29, 1.82) is 0 Å². The van der Waals surface area contributed by atoms with Gasteiger partial charge in [0.2, 0.25) is 0 Å². The fourth-order valence-electron chi connectivity index (χ4n) is 3.67. The minimum atomic E-state index is -0.401. The van der Waals surface area contributed by atoms with E-state index in [0.717, 1.165) is 27.9 Å². The average molecular weight is 431 g/mol. The van der Waals surface area contributed by atoms with Crippen LogP contribution in [0.1, 0.15) is 27.8 Å². The summed E-state index contributed by atoms with van der Waals surface area (Å²) in [7, 11) is 0. The van der Waals surface area contributed by atoms with Crippen molar-refractivity contribution in [1.82, 2.24) is 0 Å². The molecule has 0 saturated carbocycles. The molecule has 4 nitrogen and oxygen atoms in total. The zero-order chi connectivity index (χ0) is 22.3. The summed E-state index contributed by atoms with van der Waals surface area (Å²) in [6.45, 7) is 7.97. The Hall–Kier alpha value is -3.37. The van der Waals surface area contributed by atoms with Crippen molar-refractivity contribution in [2.45, 2.75) is 27.7 Å². The molecule has 5 heteroatoms. The average Bonchev–Trinajstić information content (AvgIpc) is 2.96. The van der Waals surface area contributed by atoms with E-state index in [1.54, 1.807) is 24.3 Å². The molecule has 4 rings (SSSR count). The highest BCUT2D eigenvalue weighted by Crippen LogP contribution is 2.35. The quantitative estimate of drug-likeness (QED) is 0.518. The van der Waals surface area contributed by atoms with Crippen LogP contribution in [0.2, 0.25) is 5.02 Å². The van der Waals surface area contributed by atoms with Crippen LogP contribution in [-0.4, -0.2) is 11.8 Å². The Morgan fingerprint density at radius 3 is 2.23 bits per heavy atom. The van der Waals surface area contributed by atoms with E-state index >= 15 is 0 Å². The lowest BCUT2D eigenvalue weighted by atomic mass is 9.99. The summed E-state index contributed by atoms with van der Waals surface area (Å²) >= 11 is 6.14. The van der Waals surface area contributed by atoms with Gasteiger partial charge in [0.25, 0.3) is 11.8 Å². The molecule has 31 heavy (non-hydrogen) atoms. The number of hydrogen-bond donors (Lipinski definition) is 1. The number of nitrogens with one attached hydrogen (secondary N) is 1. The van der Waals surface area contributed by atoms with Crippen molar-refractivity contribution in [2.75, 3.05) is 10.2 Å². The number of halogens is 1. The topological polar surface area (TPSA) is 49.4 Å². The number of hydrogen-bond acceptors (Lipinski definition) is 3. The van der Waals surface area contributed by atoms with Gasteiger partial charge >= 0.3 is 0 Å². The summed E-state index contributed by atoms with van der Waals surface area (Å²) in [6, 6.07) is 18.5. The summed E-state index contributed by atoms with van der Waals surface area (Å²) in [5.41, 5.74) is 6.79. The number of aryl methyl sites for hydroxylation is 4. The summed E-state index contributed by atoms with van der Waals surface area (Å²) in [5.74, 6) is -0.773. The maximum atomic E-state index is 13.5. The first-order chi connectivity index (χ1) is 14.8. The minimum Gasteiger partial charge on any atom is -0.350 e. The number of amides is 2. The van der Waals surface area contributed by atoms with E-state index in [1.165, 1.54) is 4.90 Å². The Morgan fingerprint density at radius 2 is 1.52 bits per heavy atom. The Morgan fingerprint density at radius 1 is 0.774 bits per heavy atom. The molecule has 1 N–H and O–H groups in total. The summed E-state index contributed by atoms with van der Waals surface area (Å²) in [4.78, 5) is 28.2. The van der Waals surface area contributed by atoms with Gasteiger partial charge in [-0.3, -0.25) is 9.59 Å². The summed E-state index contributed by atoms with van der Waals surface area (Å²) in [5, 5.41) is 3.72. The van der Waals surface area contributed by atoms with Crippen molar-refractivity contribution in [3.05, 3.63) is 99.2 Å². The monoisotopic (exact) mass is 430 g/mol. The molecule has 1 aliphatic rings. The molecule has 156 valence electrons. The molecule has 0 spiro atoms. The third-order valence-electron chi connectivity index (χ3n) is 5.60. The standard InChI is InChI=1S/C26H23ClN2O2/c1-15-8-9-17(3)22(12-15)28-24-23(19-11-10-16(2)18(4)13-19)25(30)29(26(24)31)21-7-5-6-20(27)14-21/h5-14,28H,1-4H3. The minimum absolute atomic E-state index is 0.266. The van der Waals surface area contributed by atoms with Crippen molar-refractivity contribution < 1.29 is 9.59 Å². The highest BCUT2D eigenvalue weighted by atomic mass is 35.5. The van der Waals surface area contributed by atoms with Crippen molar-refractivity contribution in [3.63, 3.8) is 0 Å². The van der Waals surface area contributed by atoms with Crippen LogP contribution < -0.4 is 10.2 Å². The molecule has 0 unspecified atom stereocenters. The molecule has 0 aliphatic carbocycles. The molecular weight excluding hydrogens is 408 g/mol. The third-order valence-corrected chi connectivity index (χ3v) is 5.83. The number of imide groups is 1. The maximum Gasteiger partial charge on any atom is 0.282 e. The van der Waals surface area contributed by atoms with Gasteiger partial charge in [0, 0.05) is 10.7 Å². The van der Waals surface area contributed by atoms with Gasteiger partial charge in [-0.15, -0.1) is 0 Å². The van der Waals surface area contributed by atoms with Crippen molar-refractivity contribution in [3.8, 4) is 0 Å². The molecular formula is C26H23ClN2O2. The second-order valence-corrected chi connectivity index (χ2v) is 8.35. The molecule has 0 radical (unpaired) electrons. The van der Waals surface area contributed by atoms with Gasteiger partial charge in [0.1, 0.15) is 5.70 Å². The van der Waals surface area contributed by atoms with E-state index in [2.05, 4.69) is 5.32 Å². The highest BCUT2D eigenvalue weighted by Gasteiger charge is 2.40. The molecule has 0 fully saturated rings. The lowest BCUT2D eigenvalue weighted by molar-refractivity contribution is -0.120. The lowest BCUT2D eigenvalue weighted by Gasteiger charge is -2.16. The van der Waals surface area contributed by atoms with Crippen LogP contribution in [0.3, 0.4) is 0 Å². The highest BCUT2D eigenvalue weighted by molar-refractivity contribution is 6.46. The van der Waals surface area contributed by atoms with Gasteiger partial charge in [-0.1, -0.05) is 48.0 Å². The van der Waals surface area contributed by atoms with Gasteiger partial charge in [-0.25, -0.2) is 4.90 Å². The van der Waals surface area contributed by atoms with Crippen LogP contribution in [0, 0.1) is 27.7 Å². The Labute approximate surface area is 187 Å². The Balaban J connectivity index is 1.88. The summed E-state index contributed by atoms with van der Waals surface area (Å²) < 4.78 is 0. The van der Waals surface area contributed by atoms with Crippen LogP contribution in [0.5, 0.6) is 0 Å². The van der Waals surface area contributed by atoms with Crippen LogP contribution >= 0.6 is 11.6 Å². The zero-order valence-electron chi connectivity index (χ0n) is 17.9. The number of benzene rings is 3. The molecule has 0 bridgehead atoms. The number of anilines is 2. The Bertz CT molecular complexity index is 1260. The normalized spacial score (nSPS) is 13.9. The van der Waals surface area contributed by atoms with Crippen LogP contribution in [0.15, 0.2) is 66.4 Å². The predicted octanol–water partition coefficient (Wildman–Crippen LogP) is 5.97. The van der Waals surface area contributed by atoms with E-state index in [0.29, 0.717) is 21.8 Å². The molecule has 0 atom stereocenters. The molecule has 3 aromatic rings. The smallest absolute Gasteiger partial charge is 0.282 e. The number of nitrogens with zero attached hydrogens (tertiary/aromatic N) is 1. The fourth-order valence-corrected chi connectivity index (χ4v) is 3.85. The van der Waals surface area contributed by atoms with E-state index in [9.17, 15) is 9.59 Å². The van der Waals surface area contributed by atoms with E-state index < -0.39 is 5.91 Å². The summed E-state index contributed by atoms with van der Waals surface area (Å²) in [6.07, 6.45) is 0. The first-order valence-corrected chi connectivity index (χ1v) is 10.4. The largest absolute Gasteiger partial charge is 0.350 e. The fraction of sp³-hybridized carbons (Fsp3) is 0.154. The van der Waals surface area contributed by atoms with Crippen LogP contribution in [-0.2, 0) is 9.59 Å². The van der Waals surface area contributed by atoms with Gasteiger partial charge in [0.15, 0.2) is 0 Å². The SMILES string of the molecule is Cc1ccc(C)c(NC2=C(c3ccc(C)c(C)c3)C(=O)N(c3cccc(Cl)c3)C2=O)c1. The van der Waals surface area contributed by atoms with E-state index in [1.807, 2.05) is 64.1 Å². The van der Waals surface area contributed by atoms with Crippen molar-refractivity contribution in [2.24, 2.45) is 0 Å². The van der Waals surface area contributed by atoms with Gasteiger partial charge in [0.05, 0.1) is 11.3 Å². The van der Waals surface area contributed by atoms with Gasteiger partial charge in [-0.2, -0.15) is 0 Å². The van der Waals surface area contributed by atoms with Crippen molar-refractivity contribution >= 4 is 40.4 Å². The van der Waals surface area contributed by atoms with Crippen LogP contribution in [0.25, 0.3) is 5.57 Å². The Kier molecular flexibility index (Phi) is 5.42. The number of carbonyl (C=O) groups is 2. The zero-order valence-corrected chi connectivity index (χ0v) is 18.7. The lowest BCUT2D eigenvalue weighted by Crippen LogP contribution is -2.32. The number of rotatable bonds is 4. The first-order valence-electron chi connectivity index (χ1n) is 10.1. The molecule has 3 aromatic carbocycles. The number of carbonyl (C=O) groups excluding carboxylic acids is 2. The van der Waals surface area contributed by atoms with Crippen LogP contribution in [0.4, 0.5) is 11.4 Å². The second kappa shape index (κ2) is 8.05. The molecule has 2 amide bonds. The molecule has 0 saturated heterocycles. The first kappa shape index (κ1) is 20.9.